The summed E-state index contributed by atoms with van der Waals surface area (Å²) in [7, 11) is 1.78. The second-order valence-corrected chi connectivity index (χ2v) is 5.52. The Morgan fingerprint density at radius 1 is 1.26 bits per heavy atom. The molecule has 1 amide bonds. The van der Waals surface area contributed by atoms with E-state index in [1.54, 1.807) is 11.9 Å². The minimum absolute atomic E-state index is 0.114. The van der Waals surface area contributed by atoms with E-state index >= 15 is 0 Å². The average molecular weight is 267 g/mol. The van der Waals surface area contributed by atoms with Crippen LogP contribution >= 0.6 is 0 Å². The van der Waals surface area contributed by atoms with E-state index in [9.17, 15) is 4.79 Å². The highest BCUT2D eigenvalue weighted by molar-refractivity contribution is 5.78. The SMILES string of the molecule is CCC(CC)N(CC(=O)N(C)CCC#N)CC(C)C. The molecule has 0 aromatic heterocycles. The van der Waals surface area contributed by atoms with Gasteiger partial charge in [0.2, 0.25) is 5.91 Å². The van der Waals surface area contributed by atoms with E-state index in [1.165, 1.54) is 0 Å². The molecule has 0 unspecified atom stereocenters. The highest BCUT2D eigenvalue weighted by Crippen LogP contribution is 2.11. The maximum Gasteiger partial charge on any atom is 0.236 e. The van der Waals surface area contributed by atoms with Gasteiger partial charge < -0.3 is 4.90 Å². The van der Waals surface area contributed by atoms with Crippen LogP contribution in [0.5, 0.6) is 0 Å². The first-order valence-corrected chi connectivity index (χ1v) is 7.31. The molecule has 0 atom stereocenters. The van der Waals surface area contributed by atoms with Crippen molar-refractivity contribution in [1.29, 1.82) is 5.26 Å². The molecule has 0 spiro atoms. The molecule has 0 rings (SSSR count). The fourth-order valence-corrected chi connectivity index (χ4v) is 2.25. The van der Waals surface area contributed by atoms with Crippen LogP contribution in [0.3, 0.4) is 0 Å². The molecule has 0 radical (unpaired) electrons. The number of rotatable bonds is 9. The van der Waals surface area contributed by atoms with E-state index in [0.29, 0.717) is 31.5 Å². The van der Waals surface area contributed by atoms with Crippen molar-refractivity contribution >= 4 is 5.91 Å². The van der Waals surface area contributed by atoms with Crippen molar-refractivity contribution in [2.75, 3.05) is 26.7 Å². The normalized spacial score (nSPS) is 11.1. The molecule has 0 aromatic rings. The number of carbonyl (C=O) groups excluding carboxylic acids is 1. The van der Waals surface area contributed by atoms with Crippen LogP contribution in [-0.2, 0) is 4.79 Å². The molecule has 0 fully saturated rings. The molecule has 19 heavy (non-hydrogen) atoms. The first-order chi connectivity index (χ1) is 8.96. The Morgan fingerprint density at radius 2 is 1.84 bits per heavy atom. The molecule has 0 aliphatic carbocycles. The minimum Gasteiger partial charge on any atom is -0.344 e. The lowest BCUT2D eigenvalue weighted by molar-refractivity contribution is -0.131. The first kappa shape index (κ1) is 17.9. The zero-order chi connectivity index (χ0) is 14.8. The summed E-state index contributed by atoms with van der Waals surface area (Å²) in [5, 5.41) is 8.56. The molecule has 0 aliphatic heterocycles. The Labute approximate surface area is 118 Å². The third kappa shape index (κ3) is 7.17. The predicted octanol–water partition coefficient (Wildman–Crippen LogP) is 2.51. The molecule has 0 saturated heterocycles. The molecular weight excluding hydrogens is 238 g/mol. The van der Waals surface area contributed by atoms with E-state index in [1.807, 2.05) is 0 Å². The Morgan fingerprint density at radius 3 is 2.26 bits per heavy atom. The van der Waals surface area contributed by atoms with Crippen molar-refractivity contribution < 1.29 is 4.79 Å². The second-order valence-electron chi connectivity index (χ2n) is 5.52. The van der Waals surface area contributed by atoms with Gasteiger partial charge in [0.05, 0.1) is 19.0 Å². The van der Waals surface area contributed by atoms with Crippen LogP contribution in [0.15, 0.2) is 0 Å². The van der Waals surface area contributed by atoms with E-state index < -0.39 is 0 Å². The molecule has 4 nitrogen and oxygen atoms in total. The zero-order valence-electron chi connectivity index (χ0n) is 13.1. The Hall–Kier alpha value is -1.08. The van der Waals surface area contributed by atoms with Gasteiger partial charge in [-0.1, -0.05) is 27.7 Å². The Kier molecular flexibility index (Phi) is 9.24. The van der Waals surface area contributed by atoms with Crippen molar-refractivity contribution in [2.24, 2.45) is 5.92 Å². The standard InChI is InChI=1S/C15H29N3O/c1-6-14(7-2)18(11-13(3)4)12-15(19)17(5)10-8-9-16/h13-14H,6-8,10-12H2,1-5H3. The number of carbonyl (C=O) groups is 1. The summed E-state index contributed by atoms with van der Waals surface area (Å²) in [5.74, 6) is 0.667. The topological polar surface area (TPSA) is 47.3 Å². The van der Waals surface area contributed by atoms with E-state index in [4.69, 9.17) is 5.26 Å². The highest BCUT2D eigenvalue weighted by atomic mass is 16.2. The van der Waals surface area contributed by atoms with E-state index in [-0.39, 0.29) is 5.91 Å². The van der Waals surface area contributed by atoms with Gasteiger partial charge in [-0.05, 0) is 18.8 Å². The zero-order valence-corrected chi connectivity index (χ0v) is 13.1. The number of nitriles is 1. The fourth-order valence-electron chi connectivity index (χ4n) is 2.25. The number of hydrogen-bond donors (Lipinski definition) is 0. The van der Waals surface area contributed by atoms with Gasteiger partial charge in [0.25, 0.3) is 0 Å². The van der Waals surface area contributed by atoms with Gasteiger partial charge in [-0.2, -0.15) is 5.26 Å². The quantitative estimate of drug-likeness (QED) is 0.645. The largest absolute Gasteiger partial charge is 0.344 e. The summed E-state index contributed by atoms with van der Waals surface area (Å²) in [6.07, 6.45) is 2.54. The molecular formula is C15H29N3O. The summed E-state index contributed by atoms with van der Waals surface area (Å²) in [4.78, 5) is 16.1. The van der Waals surface area contributed by atoms with Crippen molar-refractivity contribution in [3.05, 3.63) is 0 Å². The third-order valence-corrected chi connectivity index (χ3v) is 3.38. The second kappa shape index (κ2) is 9.80. The molecule has 0 heterocycles. The van der Waals surface area contributed by atoms with Crippen molar-refractivity contribution in [3.63, 3.8) is 0 Å². The van der Waals surface area contributed by atoms with Crippen molar-refractivity contribution in [1.82, 2.24) is 9.80 Å². The Balaban J connectivity index is 4.54. The van der Waals surface area contributed by atoms with Gasteiger partial charge in [0, 0.05) is 26.2 Å². The summed E-state index contributed by atoms with van der Waals surface area (Å²) in [6.45, 7) is 10.6. The van der Waals surface area contributed by atoms with Gasteiger partial charge in [0.1, 0.15) is 0 Å². The first-order valence-electron chi connectivity index (χ1n) is 7.31. The predicted molar refractivity (Wildman–Crippen MR) is 78.6 cm³/mol. The van der Waals surface area contributed by atoms with Crippen molar-refractivity contribution in [2.45, 2.75) is 53.0 Å². The summed E-state index contributed by atoms with van der Waals surface area (Å²) < 4.78 is 0. The van der Waals surface area contributed by atoms with E-state index in [0.717, 1.165) is 19.4 Å². The number of nitrogens with zero attached hydrogens (tertiary/aromatic N) is 3. The van der Waals surface area contributed by atoms with Gasteiger partial charge in [0.15, 0.2) is 0 Å². The summed E-state index contributed by atoms with van der Waals surface area (Å²) in [6, 6.07) is 2.54. The smallest absolute Gasteiger partial charge is 0.236 e. The molecule has 0 aromatic carbocycles. The van der Waals surface area contributed by atoms with Crippen molar-refractivity contribution in [3.8, 4) is 6.07 Å². The lowest BCUT2D eigenvalue weighted by atomic mass is 10.1. The van der Waals surface area contributed by atoms with Gasteiger partial charge >= 0.3 is 0 Å². The van der Waals surface area contributed by atoms with Crippen LogP contribution in [-0.4, -0.2) is 48.4 Å². The van der Waals surface area contributed by atoms with E-state index in [2.05, 4.69) is 38.7 Å². The van der Waals surface area contributed by atoms with Crippen LogP contribution in [0.25, 0.3) is 0 Å². The van der Waals surface area contributed by atoms with Crippen LogP contribution in [0.1, 0.15) is 47.0 Å². The molecule has 110 valence electrons. The fraction of sp³-hybridized carbons (Fsp3) is 0.867. The van der Waals surface area contributed by atoms with Crippen LogP contribution in [0.2, 0.25) is 0 Å². The summed E-state index contributed by atoms with van der Waals surface area (Å²) >= 11 is 0. The lowest BCUT2D eigenvalue weighted by Crippen LogP contribution is -2.45. The molecule has 0 aliphatic rings. The molecule has 0 saturated carbocycles. The maximum absolute atomic E-state index is 12.2. The molecule has 0 bridgehead atoms. The number of hydrogen-bond acceptors (Lipinski definition) is 3. The third-order valence-electron chi connectivity index (χ3n) is 3.38. The monoisotopic (exact) mass is 267 g/mol. The average Bonchev–Trinajstić information content (AvgIpc) is 2.36. The van der Waals surface area contributed by atoms with Gasteiger partial charge in [-0.25, -0.2) is 0 Å². The summed E-state index contributed by atoms with van der Waals surface area (Å²) in [5.41, 5.74) is 0. The van der Waals surface area contributed by atoms with Crippen LogP contribution in [0.4, 0.5) is 0 Å². The Bertz CT molecular complexity index is 292. The van der Waals surface area contributed by atoms with Gasteiger partial charge in [-0.15, -0.1) is 0 Å². The number of amides is 1. The lowest BCUT2D eigenvalue weighted by Gasteiger charge is -2.32. The van der Waals surface area contributed by atoms with Crippen LogP contribution in [0, 0.1) is 17.2 Å². The number of likely N-dealkylation sites (N-methyl/N-ethyl adjacent to an activating group) is 1. The van der Waals surface area contributed by atoms with Gasteiger partial charge in [-0.3, -0.25) is 9.69 Å². The maximum atomic E-state index is 12.2. The van der Waals surface area contributed by atoms with Crippen LogP contribution < -0.4 is 0 Å². The highest BCUT2D eigenvalue weighted by Gasteiger charge is 2.20. The molecule has 0 N–H and O–H groups in total. The minimum atomic E-state index is 0.114. The molecule has 4 heteroatoms.